The van der Waals surface area contributed by atoms with E-state index in [2.05, 4.69) is 15.5 Å². The normalized spacial score (nSPS) is 22.4. The summed E-state index contributed by atoms with van der Waals surface area (Å²) in [6.45, 7) is 1.08. The summed E-state index contributed by atoms with van der Waals surface area (Å²) in [6, 6.07) is 3.38. The van der Waals surface area contributed by atoms with Crippen LogP contribution >= 0.6 is 0 Å². The van der Waals surface area contributed by atoms with Crippen LogP contribution in [0.25, 0.3) is 0 Å². The first-order valence-electron chi connectivity index (χ1n) is 6.66. The Hall–Kier alpha value is -1.73. The van der Waals surface area contributed by atoms with Gasteiger partial charge in [0.05, 0.1) is 6.10 Å². The molecule has 0 aromatic carbocycles. The van der Waals surface area contributed by atoms with Crippen molar-refractivity contribution in [2.24, 2.45) is 0 Å². The largest absolute Gasteiger partial charge is 0.391 e. The van der Waals surface area contributed by atoms with Crippen LogP contribution in [0.3, 0.4) is 0 Å². The van der Waals surface area contributed by atoms with Gasteiger partial charge in [-0.1, -0.05) is 0 Å². The molecule has 1 fully saturated rings. The lowest BCUT2D eigenvalue weighted by atomic mass is 10.2. The molecular weight excluding hydrogens is 258 g/mol. The van der Waals surface area contributed by atoms with E-state index in [1.807, 2.05) is 19.0 Å². The standard InChI is InChI=1S/C13H21N5O2/c1-14-12-5-4-11(15-16-12)13(20)18-8-10(19)6-9(18)7-17(2)3/h4-5,9-10,19H,6-8H2,1-3H3,(H,14,16). The third-order valence-corrected chi connectivity index (χ3v) is 3.37. The van der Waals surface area contributed by atoms with E-state index in [4.69, 9.17) is 0 Å². The number of carbonyl (C=O) groups excluding carboxylic acids is 1. The number of likely N-dealkylation sites (tertiary alicyclic amines) is 1. The number of β-amino-alcohol motifs (C(OH)–C–C–N with tert-alkyl or cyclic N) is 1. The molecule has 1 aromatic heterocycles. The maximum Gasteiger partial charge on any atom is 0.274 e. The summed E-state index contributed by atoms with van der Waals surface area (Å²) in [7, 11) is 5.65. The molecule has 0 saturated carbocycles. The summed E-state index contributed by atoms with van der Waals surface area (Å²) in [6.07, 6.45) is 0.139. The summed E-state index contributed by atoms with van der Waals surface area (Å²) in [4.78, 5) is 16.2. The zero-order chi connectivity index (χ0) is 14.7. The number of aromatic nitrogens is 2. The number of aliphatic hydroxyl groups is 1. The Morgan fingerprint density at radius 2 is 2.25 bits per heavy atom. The highest BCUT2D eigenvalue weighted by Crippen LogP contribution is 2.20. The van der Waals surface area contributed by atoms with Gasteiger partial charge in [-0.15, -0.1) is 10.2 Å². The first-order chi connectivity index (χ1) is 9.51. The van der Waals surface area contributed by atoms with Gasteiger partial charge >= 0.3 is 0 Å². The lowest BCUT2D eigenvalue weighted by Crippen LogP contribution is -2.41. The van der Waals surface area contributed by atoms with E-state index in [-0.39, 0.29) is 11.9 Å². The van der Waals surface area contributed by atoms with Crippen LogP contribution in [0.4, 0.5) is 5.82 Å². The van der Waals surface area contributed by atoms with Gasteiger partial charge in [0, 0.05) is 26.2 Å². The van der Waals surface area contributed by atoms with Crippen LogP contribution in [0, 0.1) is 0 Å². The van der Waals surface area contributed by atoms with Crippen LogP contribution in [0.5, 0.6) is 0 Å². The number of anilines is 1. The Morgan fingerprint density at radius 1 is 1.50 bits per heavy atom. The molecule has 110 valence electrons. The van der Waals surface area contributed by atoms with Crippen LogP contribution < -0.4 is 5.32 Å². The molecule has 1 aliphatic rings. The predicted molar refractivity (Wildman–Crippen MR) is 75.6 cm³/mol. The minimum atomic E-state index is -0.464. The van der Waals surface area contributed by atoms with Gasteiger partial charge in [-0.3, -0.25) is 4.79 Å². The first-order valence-corrected chi connectivity index (χ1v) is 6.66. The van der Waals surface area contributed by atoms with E-state index in [0.717, 1.165) is 6.54 Å². The predicted octanol–water partition coefficient (Wildman–Crippen LogP) is -0.345. The lowest BCUT2D eigenvalue weighted by molar-refractivity contribution is 0.0692. The molecule has 1 aromatic rings. The van der Waals surface area contributed by atoms with Crippen LogP contribution in [0.1, 0.15) is 16.9 Å². The highest BCUT2D eigenvalue weighted by Gasteiger charge is 2.35. The SMILES string of the molecule is CNc1ccc(C(=O)N2CC(O)CC2CN(C)C)nn1. The second kappa shape index (κ2) is 6.15. The molecule has 1 amide bonds. The summed E-state index contributed by atoms with van der Waals surface area (Å²) >= 11 is 0. The van der Waals surface area contributed by atoms with Crippen molar-refractivity contribution in [3.63, 3.8) is 0 Å². The Labute approximate surface area is 118 Å². The van der Waals surface area contributed by atoms with E-state index in [1.165, 1.54) is 0 Å². The molecule has 7 nitrogen and oxygen atoms in total. The van der Waals surface area contributed by atoms with E-state index in [1.54, 1.807) is 24.1 Å². The van der Waals surface area contributed by atoms with E-state index in [9.17, 15) is 9.90 Å². The van der Waals surface area contributed by atoms with Crippen molar-refractivity contribution in [3.8, 4) is 0 Å². The minimum absolute atomic E-state index is 0.0123. The summed E-state index contributed by atoms with van der Waals surface area (Å²) in [5.41, 5.74) is 0.307. The molecule has 2 heterocycles. The number of rotatable bonds is 4. The first kappa shape index (κ1) is 14.7. The van der Waals surface area contributed by atoms with Crippen molar-refractivity contribution < 1.29 is 9.90 Å². The molecule has 20 heavy (non-hydrogen) atoms. The number of amides is 1. The van der Waals surface area contributed by atoms with Crippen molar-refractivity contribution in [2.75, 3.05) is 39.5 Å². The molecule has 1 aliphatic heterocycles. The second-order valence-corrected chi connectivity index (χ2v) is 5.32. The Morgan fingerprint density at radius 3 is 2.80 bits per heavy atom. The molecule has 1 saturated heterocycles. The zero-order valence-corrected chi connectivity index (χ0v) is 12.1. The molecule has 2 N–H and O–H groups in total. The number of hydrogen-bond acceptors (Lipinski definition) is 6. The molecule has 0 bridgehead atoms. The van der Waals surface area contributed by atoms with Crippen molar-refractivity contribution in [1.29, 1.82) is 0 Å². The van der Waals surface area contributed by atoms with Crippen molar-refractivity contribution in [3.05, 3.63) is 17.8 Å². The van der Waals surface area contributed by atoms with E-state index < -0.39 is 6.10 Å². The maximum atomic E-state index is 12.5. The molecule has 2 atom stereocenters. The molecule has 0 spiro atoms. The number of aliphatic hydroxyl groups excluding tert-OH is 1. The fraction of sp³-hybridized carbons (Fsp3) is 0.615. The fourth-order valence-corrected chi connectivity index (χ4v) is 2.46. The fourth-order valence-electron chi connectivity index (χ4n) is 2.46. The third kappa shape index (κ3) is 3.23. The Balaban J connectivity index is 2.13. The molecular formula is C13H21N5O2. The van der Waals surface area contributed by atoms with Crippen LogP contribution in [0.2, 0.25) is 0 Å². The smallest absolute Gasteiger partial charge is 0.274 e. The van der Waals surface area contributed by atoms with Gasteiger partial charge in [0.1, 0.15) is 5.82 Å². The number of carbonyl (C=O) groups is 1. The summed E-state index contributed by atoms with van der Waals surface area (Å²) in [5, 5.41) is 20.5. The van der Waals surface area contributed by atoms with E-state index >= 15 is 0 Å². The third-order valence-electron chi connectivity index (χ3n) is 3.37. The monoisotopic (exact) mass is 279 g/mol. The second-order valence-electron chi connectivity index (χ2n) is 5.32. The van der Waals surface area contributed by atoms with Gasteiger partial charge in [0.2, 0.25) is 0 Å². The van der Waals surface area contributed by atoms with Gasteiger partial charge < -0.3 is 20.2 Å². The minimum Gasteiger partial charge on any atom is -0.391 e. The number of hydrogen-bond donors (Lipinski definition) is 2. The van der Waals surface area contributed by atoms with Crippen molar-refractivity contribution >= 4 is 11.7 Å². The van der Waals surface area contributed by atoms with E-state index in [0.29, 0.717) is 24.5 Å². The van der Waals surface area contributed by atoms with Crippen LogP contribution in [0.15, 0.2) is 12.1 Å². The van der Waals surface area contributed by atoms with Gasteiger partial charge in [-0.25, -0.2) is 0 Å². The Kier molecular flexibility index (Phi) is 4.51. The van der Waals surface area contributed by atoms with Gasteiger partial charge in [0.25, 0.3) is 5.91 Å². The highest BCUT2D eigenvalue weighted by molar-refractivity contribution is 5.92. The zero-order valence-electron chi connectivity index (χ0n) is 12.1. The molecule has 7 heteroatoms. The van der Waals surface area contributed by atoms with Gasteiger partial charge in [0.15, 0.2) is 5.69 Å². The van der Waals surface area contributed by atoms with Crippen LogP contribution in [-0.4, -0.2) is 77.4 Å². The quantitative estimate of drug-likeness (QED) is 0.784. The van der Waals surface area contributed by atoms with Crippen LogP contribution in [-0.2, 0) is 0 Å². The molecule has 0 radical (unpaired) electrons. The number of likely N-dealkylation sites (N-methyl/N-ethyl adjacent to an activating group) is 1. The summed E-state index contributed by atoms with van der Waals surface area (Å²) in [5.74, 6) is 0.441. The average Bonchev–Trinajstić information content (AvgIpc) is 2.78. The molecule has 0 aliphatic carbocycles. The summed E-state index contributed by atoms with van der Waals surface area (Å²) < 4.78 is 0. The molecule has 2 unspecified atom stereocenters. The Bertz CT molecular complexity index is 462. The van der Waals surface area contributed by atoms with Gasteiger partial charge in [-0.2, -0.15) is 0 Å². The van der Waals surface area contributed by atoms with Crippen molar-refractivity contribution in [2.45, 2.75) is 18.6 Å². The van der Waals surface area contributed by atoms with Gasteiger partial charge in [-0.05, 0) is 32.6 Å². The van der Waals surface area contributed by atoms with Crippen molar-refractivity contribution in [1.82, 2.24) is 20.0 Å². The average molecular weight is 279 g/mol. The lowest BCUT2D eigenvalue weighted by Gasteiger charge is -2.26. The number of nitrogens with one attached hydrogen (secondary N) is 1. The highest BCUT2D eigenvalue weighted by atomic mass is 16.3. The molecule has 2 rings (SSSR count). The number of nitrogens with zero attached hydrogens (tertiary/aromatic N) is 4. The maximum absolute atomic E-state index is 12.5. The topological polar surface area (TPSA) is 81.6 Å².